The summed E-state index contributed by atoms with van der Waals surface area (Å²) >= 11 is 0. The number of nitrogens with zero attached hydrogens (tertiary/aromatic N) is 1. The number of hydroxylamine groups is 1. The molecule has 0 bridgehead atoms. The second-order valence-corrected chi connectivity index (χ2v) is 7.49. The van der Waals surface area contributed by atoms with Crippen LogP contribution in [0, 0.1) is 11.6 Å². The molecule has 162 valence electrons. The zero-order chi connectivity index (χ0) is 22.7. The maximum Gasteiger partial charge on any atom is 0.274 e. The van der Waals surface area contributed by atoms with Crippen molar-refractivity contribution in [2.75, 3.05) is 6.54 Å². The Kier molecular flexibility index (Phi) is 6.09. The summed E-state index contributed by atoms with van der Waals surface area (Å²) in [5.74, 6) is -2.59. The Balaban J connectivity index is 1.70. The average molecular weight is 434 g/mol. The van der Waals surface area contributed by atoms with E-state index in [0.29, 0.717) is 18.5 Å². The Morgan fingerprint density at radius 3 is 2.47 bits per heavy atom. The molecule has 2 amide bonds. The van der Waals surface area contributed by atoms with Gasteiger partial charge in [-0.3, -0.25) is 14.8 Å². The number of hydrogen-bond donors (Lipinski definition) is 2. The minimum Gasteiger partial charge on any atom is -0.334 e. The fraction of sp³-hybridized carbons (Fsp3) is 0.120. The van der Waals surface area contributed by atoms with Gasteiger partial charge in [-0.1, -0.05) is 36.4 Å². The molecule has 3 aromatic carbocycles. The smallest absolute Gasteiger partial charge is 0.274 e. The standard InChI is InChI=1S/C25H20F2N2O3/c26-20-8-9-21(23(27)14-20)22(12-16-4-2-1-3-5-16)25(31)29-11-10-17-6-7-18(24(30)28-32)13-19(17)15-29/h1-9,12-14,32H,10-11,15H2,(H,28,30). The van der Waals surface area contributed by atoms with Gasteiger partial charge >= 0.3 is 0 Å². The SMILES string of the molecule is O=C(NO)c1ccc2c(c1)CN(C(=O)C(=Cc1ccccc1)c1ccc(F)cc1F)CC2. The summed E-state index contributed by atoms with van der Waals surface area (Å²) in [6.07, 6.45) is 2.15. The summed E-state index contributed by atoms with van der Waals surface area (Å²) in [5.41, 5.74) is 4.46. The molecule has 32 heavy (non-hydrogen) atoms. The van der Waals surface area contributed by atoms with Crippen LogP contribution in [0.2, 0.25) is 0 Å². The summed E-state index contributed by atoms with van der Waals surface area (Å²) in [6.45, 7) is 0.627. The highest BCUT2D eigenvalue weighted by molar-refractivity contribution is 6.24. The molecular weight excluding hydrogens is 414 g/mol. The van der Waals surface area contributed by atoms with E-state index in [1.165, 1.54) is 6.07 Å². The number of hydrogen-bond acceptors (Lipinski definition) is 3. The van der Waals surface area contributed by atoms with E-state index in [9.17, 15) is 18.4 Å². The number of carbonyl (C=O) groups is 2. The third-order valence-electron chi connectivity index (χ3n) is 5.43. The van der Waals surface area contributed by atoms with Gasteiger partial charge in [0.05, 0.1) is 5.57 Å². The number of nitrogens with one attached hydrogen (secondary N) is 1. The first kappa shape index (κ1) is 21.4. The number of rotatable bonds is 4. The molecule has 2 N–H and O–H groups in total. The number of fused-ring (bicyclic) bond motifs is 1. The lowest BCUT2D eigenvalue weighted by molar-refractivity contribution is -0.125. The number of halogens is 2. The molecule has 0 saturated heterocycles. The molecule has 1 heterocycles. The Hall–Kier alpha value is -3.84. The van der Waals surface area contributed by atoms with Crippen molar-refractivity contribution in [2.45, 2.75) is 13.0 Å². The van der Waals surface area contributed by atoms with Crippen molar-refractivity contribution in [1.82, 2.24) is 10.4 Å². The highest BCUT2D eigenvalue weighted by Gasteiger charge is 2.26. The van der Waals surface area contributed by atoms with Crippen molar-refractivity contribution >= 4 is 23.5 Å². The van der Waals surface area contributed by atoms with Gasteiger partial charge < -0.3 is 4.90 Å². The highest BCUT2D eigenvalue weighted by atomic mass is 19.1. The van der Waals surface area contributed by atoms with Gasteiger partial charge in [0.15, 0.2) is 0 Å². The normalized spacial score (nSPS) is 13.5. The fourth-order valence-corrected chi connectivity index (χ4v) is 3.79. The van der Waals surface area contributed by atoms with E-state index in [1.54, 1.807) is 58.9 Å². The second-order valence-electron chi connectivity index (χ2n) is 7.49. The molecule has 0 aromatic heterocycles. The molecule has 0 spiro atoms. The quantitative estimate of drug-likeness (QED) is 0.280. The summed E-state index contributed by atoms with van der Waals surface area (Å²) in [6, 6.07) is 17.2. The fourth-order valence-electron chi connectivity index (χ4n) is 3.79. The first-order valence-electron chi connectivity index (χ1n) is 10.0. The first-order chi connectivity index (χ1) is 15.5. The van der Waals surface area contributed by atoms with Gasteiger partial charge in [0, 0.05) is 30.3 Å². The van der Waals surface area contributed by atoms with E-state index in [2.05, 4.69) is 0 Å². The summed E-state index contributed by atoms with van der Waals surface area (Å²) in [5, 5.41) is 8.88. The van der Waals surface area contributed by atoms with E-state index in [4.69, 9.17) is 5.21 Å². The van der Waals surface area contributed by atoms with Crippen molar-refractivity contribution in [2.24, 2.45) is 0 Å². The minimum absolute atomic E-state index is 0.0134. The van der Waals surface area contributed by atoms with E-state index >= 15 is 0 Å². The number of benzene rings is 3. The lowest BCUT2D eigenvalue weighted by atomic mass is 9.95. The summed E-state index contributed by atoms with van der Waals surface area (Å²) in [4.78, 5) is 26.8. The molecule has 7 heteroatoms. The second kappa shape index (κ2) is 9.11. The Morgan fingerprint density at radius 2 is 1.75 bits per heavy atom. The molecule has 1 aliphatic rings. The monoisotopic (exact) mass is 434 g/mol. The zero-order valence-corrected chi connectivity index (χ0v) is 17.0. The van der Waals surface area contributed by atoms with Crippen molar-refractivity contribution in [3.8, 4) is 0 Å². The minimum atomic E-state index is -0.820. The molecule has 0 unspecified atom stereocenters. The van der Waals surface area contributed by atoms with E-state index in [0.717, 1.165) is 23.3 Å². The predicted octanol–water partition coefficient (Wildman–Crippen LogP) is 4.21. The molecule has 0 aliphatic carbocycles. The van der Waals surface area contributed by atoms with E-state index in [-0.39, 0.29) is 23.2 Å². The molecular formula is C25H20F2N2O3. The van der Waals surface area contributed by atoms with E-state index in [1.807, 2.05) is 6.07 Å². The van der Waals surface area contributed by atoms with Gasteiger partial charge in [-0.2, -0.15) is 0 Å². The Morgan fingerprint density at radius 1 is 0.969 bits per heavy atom. The van der Waals surface area contributed by atoms with Crippen molar-refractivity contribution in [3.63, 3.8) is 0 Å². The van der Waals surface area contributed by atoms with Gasteiger partial charge in [0.25, 0.3) is 11.8 Å². The maximum absolute atomic E-state index is 14.6. The van der Waals surface area contributed by atoms with Gasteiger partial charge in [-0.25, -0.2) is 14.3 Å². The molecule has 0 saturated carbocycles. The molecule has 4 rings (SSSR count). The number of carbonyl (C=O) groups excluding carboxylic acids is 2. The van der Waals surface area contributed by atoms with Crippen LogP contribution >= 0.6 is 0 Å². The molecule has 0 fully saturated rings. The zero-order valence-electron chi connectivity index (χ0n) is 17.0. The van der Waals surface area contributed by atoms with Gasteiger partial charge in [-0.15, -0.1) is 0 Å². The summed E-state index contributed by atoms with van der Waals surface area (Å²) in [7, 11) is 0. The Labute approximate surface area is 183 Å². The molecule has 0 radical (unpaired) electrons. The van der Waals surface area contributed by atoms with Gasteiger partial charge in [0.2, 0.25) is 0 Å². The van der Waals surface area contributed by atoms with Crippen LogP contribution in [-0.2, 0) is 17.8 Å². The summed E-state index contributed by atoms with van der Waals surface area (Å²) < 4.78 is 28.1. The van der Waals surface area contributed by atoms with Crippen molar-refractivity contribution in [3.05, 3.63) is 106 Å². The third-order valence-corrected chi connectivity index (χ3v) is 5.43. The predicted molar refractivity (Wildman–Crippen MR) is 115 cm³/mol. The van der Waals surface area contributed by atoms with Crippen LogP contribution in [0.1, 0.15) is 32.6 Å². The Bertz CT molecular complexity index is 1210. The van der Waals surface area contributed by atoms with Crippen molar-refractivity contribution < 1.29 is 23.6 Å². The van der Waals surface area contributed by atoms with Gasteiger partial charge in [-0.05, 0) is 53.5 Å². The van der Waals surface area contributed by atoms with Crippen LogP contribution in [0.5, 0.6) is 0 Å². The van der Waals surface area contributed by atoms with Crippen LogP contribution < -0.4 is 5.48 Å². The number of amides is 2. The third kappa shape index (κ3) is 4.43. The lowest BCUT2D eigenvalue weighted by Gasteiger charge is -2.30. The van der Waals surface area contributed by atoms with Gasteiger partial charge in [0.1, 0.15) is 11.6 Å². The van der Waals surface area contributed by atoms with Crippen LogP contribution in [0.4, 0.5) is 8.78 Å². The van der Waals surface area contributed by atoms with Crippen LogP contribution in [-0.4, -0.2) is 28.5 Å². The average Bonchev–Trinajstić information content (AvgIpc) is 2.82. The highest BCUT2D eigenvalue weighted by Crippen LogP contribution is 2.28. The molecule has 3 aromatic rings. The largest absolute Gasteiger partial charge is 0.334 e. The van der Waals surface area contributed by atoms with Crippen LogP contribution in [0.15, 0.2) is 66.7 Å². The van der Waals surface area contributed by atoms with Crippen LogP contribution in [0.3, 0.4) is 0 Å². The molecule has 1 aliphatic heterocycles. The first-order valence-corrected chi connectivity index (χ1v) is 10.0. The topological polar surface area (TPSA) is 69.6 Å². The lowest BCUT2D eigenvalue weighted by Crippen LogP contribution is -2.36. The maximum atomic E-state index is 14.6. The van der Waals surface area contributed by atoms with E-state index < -0.39 is 23.4 Å². The molecule has 5 nitrogen and oxygen atoms in total. The van der Waals surface area contributed by atoms with Crippen molar-refractivity contribution in [1.29, 1.82) is 0 Å². The molecule has 0 atom stereocenters. The van der Waals surface area contributed by atoms with Crippen LogP contribution in [0.25, 0.3) is 11.6 Å².